The van der Waals surface area contributed by atoms with E-state index in [9.17, 15) is 0 Å². The second kappa shape index (κ2) is 6.38. The molecule has 2 nitrogen and oxygen atoms in total. The molecule has 1 heterocycles. The lowest BCUT2D eigenvalue weighted by molar-refractivity contribution is 0.0445. The van der Waals surface area contributed by atoms with Crippen molar-refractivity contribution in [3.05, 3.63) is 0 Å². The van der Waals surface area contributed by atoms with Gasteiger partial charge in [0, 0.05) is 31.2 Å². The van der Waals surface area contributed by atoms with Gasteiger partial charge in [0.25, 0.3) is 0 Å². The van der Waals surface area contributed by atoms with E-state index in [-0.39, 0.29) is 0 Å². The summed E-state index contributed by atoms with van der Waals surface area (Å²) in [5, 5.41) is 3.80. The van der Waals surface area contributed by atoms with Gasteiger partial charge in [-0.1, -0.05) is 33.1 Å². The van der Waals surface area contributed by atoms with Crippen LogP contribution >= 0.6 is 0 Å². The quantitative estimate of drug-likeness (QED) is 0.825. The highest BCUT2D eigenvalue weighted by Gasteiger charge is 2.35. The lowest BCUT2D eigenvalue weighted by Crippen LogP contribution is -2.60. The highest BCUT2D eigenvalue weighted by Crippen LogP contribution is 2.30. The molecule has 1 unspecified atom stereocenters. The van der Waals surface area contributed by atoms with E-state index in [1.807, 2.05) is 0 Å². The highest BCUT2D eigenvalue weighted by molar-refractivity contribution is 4.92. The monoisotopic (exact) mass is 252 g/mol. The average molecular weight is 252 g/mol. The van der Waals surface area contributed by atoms with Crippen molar-refractivity contribution in [1.82, 2.24) is 10.2 Å². The fourth-order valence-corrected chi connectivity index (χ4v) is 3.82. The molecule has 1 atom stereocenters. The van der Waals surface area contributed by atoms with Crippen molar-refractivity contribution in [2.75, 3.05) is 19.6 Å². The lowest BCUT2D eigenvalue weighted by atomic mass is 9.82. The van der Waals surface area contributed by atoms with Gasteiger partial charge in [-0.05, 0) is 38.5 Å². The van der Waals surface area contributed by atoms with E-state index in [1.165, 1.54) is 64.6 Å². The summed E-state index contributed by atoms with van der Waals surface area (Å²) in [7, 11) is 0. The molecule has 2 fully saturated rings. The van der Waals surface area contributed by atoms with Gasteiger partial charge in [0.1, 0.15) is 0 Å². The predicted octanol–water partition coefficient (Wildman–Crippen LogP) is 3.42. The Balaban J connectivity index is 1.95. The summed E-state index contributed by atoms with van der Waals surface area (Å²) >= 11 is 0. The molecule has 0 aromatic rings. The van der Waals surface area contributed by atoms with E-state index < -0.39 is 0 Å². The Kier molecular flexibility index (Phi) is 5.08. The first kappa shape index (κ1) is 14.3. The minimum Gasteiger partial charge on any atom is -0.311 e. The second-order valence-corrected chi connectivity index (χ2v) is 6.61. The van der Waals surface area contributed by atoms with E-state index in [0.717, 1.165) is 12.0 Å². The van der Waals surface area contributed by atoms with Crippen molar-refractivity contribution < 1.29 is 0 Å². The zero-order valence-corrected chi connectivity index (χ0v) is 12.7. The van der Waals surface area contributed by atoms with Gasteiger partial charge in [-0.25, -0.2) is 0 Å². The molecule has 0 aromatic heterocycles. The van der Waals surface area contributed by atoms with E-state index in [1.54, 1.807) is 0 Å². The maximum absolute atomic E-state index is 3.80. The van der Waals surface area contributed by atoms with Gasteiger partial charge in [-0.15, -0.1) is 0 Å². The topological polar surface area (TPSA) is 15.3 Å². The van der Waals surface area contributed by atoms with Crippen LogP contribution in [-0.2, 0) is 0 Å². The molecule has 1 N–H and O–H groups in total. The molecule has 1 aliphatic carbocycles. The molecule has 0 bridgehead atoms. The Morgan fingerprint density at radius 1 is 1.11 bits per heavy atom. The standard InChI is InChI=1S/C16H32N2/c1-4-16(3,5-2)18-12-11-17-15(13-18)14-9-7-6-8-10-14/h14-15,17H,4-13H2,1-3H3. The Morgan fingerprint density at radius 3 is 2.39 bits per heavy atom. The molecule has 1 aliphatic heterocycles. The van der Waals surface area contributed by atoms with Crippen LogP contribution in [0.1, 0.15) is 65.7 Å². The first-order valence-corrected chi connectivity index (χ1v) is 8.18. The zero-order chi connectivity index (χ0) is 13.0. The van der Waals surface area contributed by atoms with E-state index in [2.05, 4.69) is 31.0 Å². The van der Waals surface area contributed by atoms with Crippen molar-refractivity contribution in [2.45, 2.75) is 77.3 Å². The molecular formula is C16H32N2. The van der Waals surface area contributed by atoms with Crippen molar-refractivity contribution in [3.63, 3.8) is 0 Å². The maximum Gasteiger partial charge on any atom is 0.0223 e. The SMILES string of the molecule is CCC(C)(CC)N1CCNC(C2CCCCC2)C1. The van der Waals surface area contributed by atoms with Gasteiger partial charge in [-0.2, -0.15) is 0 Å². The molecule has 0 spiro atoms. The van der Waals surface area contributed by atoms with Crippen LogP contribution in [0, 0.1) is 5.92 Å². The third kappa shape index (κ3) is 3.08. The molecule has 0 aromatic carbocycles. The number of hydrogen-bond donors (Lipinski definition) is 1. The summed E-state index contributed by atoms with van der Waals surface area (Å²) in [5.74, 6) is 0.944. The van der Waals surface area contributed by atoms with Gasteiger partial charge in [0.15, 0.2) is 0 Å². The molecule has 2 rings (SSSR count). The number of piperazine rings is 1. The van der Waals surface area contributed by atoms with Crippen LogP contribution in [0.15, 0.2) is 0 Å². The Hall–Kier alpha value is -0.0800. The number of rotatable bonds is 4. The van der Waals surface area contributed by atoms with Crippen LogP contribution in [0.5, 0.6) is 0 Å². The Bertz CT molecular complexity index is 241. The largest absolute Gasteiger partial charge is 0.311 e. The lowest BCUT2D eigenvalue weighted by Gasteiger charge is -2.47. The van der Waals surface area contributed by atoms with Crippen LogP contribution in [0.2, 0.25) is 0 Å². The van der Waals surface area contributed by atoms with Crippen molar-refractivity contribution in [3.8, 4) is 0 Å². The number of hydrogen-bond acceptors (Lipinski definition) is 2. The van der Waals surface area contributed by atoms with Crippen molar-refractivity contribution in [2.24, 2.45) is 5.92 Å². The highest BCUT2D eigenvalue weighted by atomic mass is 15.3. The van der Waals surface area contributed by atoms with Crippen LogP contribution in [-0.4, -0.2) is 36.1 Å². The minimum atomic E-state index is 0.426. The van der Waals surface area contributed by atoms with Crippen LogP contribution < -0.4 is 5.32 Å². The summed E-state index contributed by atoms with van der Waals surface area (Å²) < 4.78 is 0. The van der Waals surface area contributed by atoms with Crippen molar-refractivity contribution in [1.29, 1.82) is 0 Å². The van der Waals surface area contributed by atoms with Gasteiger partial charge >= 0.3 is 0 Å². The normalized spacial score (nSPS) is 28.5. The summed E-state index contributed by atoms with van der Waals surface area (Å²) in [6.45, 7) is 10.9. The third-order valence-electron chi connectivity index (χ3n) is 5.71. The summed E-state index contributed by atoms with van der Waals surface area (Å²) in [5.41, 5.74) is 0.426. The smallest absolute Gasteiger partial charge is 0.0223 e. The van der Waals surface area contributed by atoms with Crippen LogP contribution in [0.25, 0.3) is 0 Å². The molecule has 2 heteroatoms. The van der Waals surface area contributed by atoms with Gasteiger partial charge < -0.3 is 5.32 Å². The first-order chi connectivity index (χ1) is 8.69. The molecule has 2 aliphatic rings. The molecule has 106 valence electrons. The van der Waals surface area contributed by atoms with E-state index >= 15 is 0 Å². The third-order valence-corrected chi connectivity index (χ3v) is 5.71. The number of nitrogens with one attached hydrogen (secondary N) is 1. The summed E-state index contributed by atoms with van der Waals surface area (Å²) in [6.07, 6.45) is 9.86. The minimum absolute atomic E-state index is 0.426. The van der Waals surface area contributed by atoms with Gasteiger partial charge in [0.2, 0.25) is 0 Å². The van der Waals surface area contributed by atoms with Crippen LogP contribution in [0.3, 0.4) is 0 Å². The van der Waals surface area contributed by atoms with Crippen molar-refractivity contribution >= 4 is 0 Å². The Morgan fingerprint density at radius 2 is 1.78 bits per heavy atom. The molecule has 18 heavy (non-hydrogen) atoms. The summed E-state index contributed by atoms with van der Waals surface area (Å²) in [4.78, 5) is 2.77. The van der Waals surface area contributed by atoms with E-state index in [4.69, 9.17) is 0 Å². The van der Waals surface area contributed by atoms with Gasteiger partial charge in [0.05, 0.1) is 0 Å². The Labute approximate surface area is 114 Å². The molecule has 0 amide bonds. The fraction of sp³-hybridized carbons (Fsp3) is 1.00. The average Bonchev–Trinajstić information content (AvgIpc) is 2.47. The number of nitrogens with zero attached hydrogens (tertiary/aromatic N) is 1. The molecule has 1 saturated heterocycles. The molecular weight excluding hydrogens is 220 g/mol. The zero-order valence-electron chi connectivity index (χ0n) is 12.7. The van der Waals surface area contributed by atoms with E-state index in [0.29, 0.717) is 5.54 Å². The maximum atomic E-state index is 3.80. The summed E-state index contributed by atoms with van der Waals surface area (Å²) in [6, 6.07) is 0.761. The second-order valence-electron chi connectivity index (χ2n) is 6.61. The predicted molar refractivity (Wildman–Crippen MR) is 78.9 cm³/mol. The molecule has 1 saturated carbocycles. The van der Waals surface area contributed by atoms with Crippen LogP contribution in [0.4, 0.5) is 0 Å². The fourth-order valence-electron chi connectivity index (χ4n) is 3.82. The first-order valence-electron chi connectivity index (χ1n) is 8.18. The van der Waals surface area contributed by atoms with Gasteiger partial charge in [-0.3, -0.25) is 4.90 Å². The molecule has 0 radical (unpaired) electrons.